The molecule has 0 saturated carbocycles. The second-order valence-electron chi connectivity index (χ2n) is 13.7. The van der Waals surface area contributed by atoms with Crippen LogP contribution >= 0.6 is 22.7 Å². The minimum absolute atomic E-state index is 0.0391. The summed E-state index contributed by atoms with van der Waals surface area (Å²) in [6.07, 6.45) is 1.48. The summed E-state index contributed by atoms with van der Waals surface area (Å²) < 4.78 is 6.19. The van der Waals surface area contributed by atoms with Gasteiger partial charge in [0.25, 0.3) is 11.8 Å². The number of ether oxygens (including phenoxy) is 1. The molecule has 3 N–H and O–H groups in total. The van der Waals surface area contributed by atoms with Crippen molar-refractivity contribution in [3.8, 4) is 0 Å². The Labute approximate surface area is 310 Å². The Balaban J connectivity index is 1.27. The molecular weight excluding hydrogens is 699 g/mol. The van der Waals surface area contributed by atoms with E-state index in [1.165, 1.54) is 22.7 Å². The molecule has 6 atom stereocenters. The number of aliphatic imine (C=N–C) groups is 1. The summed E-state index contributed by atoms with van der Waals surface area (Å²) in [4.78, 5) is 71.6. The molecule has 0 aliphatic carbocycles. The normalized spacial score (nSPS) is 25.4. The zero-order chi connectivity index (χ0) is 36.4. The van der Waals surface area contributed by atoms with Crippen LogP contribution in [0.2, 0.25) is 0 Å². The number of rotatable bonds is 5. The number of thiazole rings is 2. The number of amides is 4. The molecule has 3 aliphatic rings. The predicted octanol–water partition coefficient (Wildman–Crippen LogP) is 4.66. The molecule has 52 heavy (non-hydrogen) atoms. The molecule has 6 bridgehead atoms. The van der Waals surface area contributed by atoms with E-state index in [4.69, 9.17) is 14.7 Å². The van der Waals surface area contributed by atoms with Gasteiger partial charge in [-0.25, -0.2) is 15.0 Å². The van der Waals surface area contributed by atoms with E-state index in [1.807, 2.05) is 74.5 Å². The maximum Gasteiger partial charge on any atom is 0.271 e. The van der Waals surface area contributed by atoms with Gasteiger partial charge in [-0.2, -0.15) is 0 Å². The van der Waals surface area contributed by atoms with Crippen LogP contribution in [0.1, 0.15) is 87.8 Å². The Morgan fingerprint density at radius 3 is 2.02 bits per heavy atom. The fourth-order valence-corrected chi connectivity index (χ4v) is 8.72. The Morgan fingerprint density at radius 1 is 0.808 bits per heavy atom. The zero-order valence-electron chi connectivity index (χ0n) is 29.2. The Bertz CT molecular complexity index is 1960. The number of hydrogen-bond acceptors (Lipinski definition) is 10. The molecule has 2 aromatic heterocycles. The first-order chi connectivity index (χ1) is 25.1. The van der Waals surface area contributed by atoms with Crippen molar-refractivity contribution in [2.24, 2.45) is 10.9 Å². The van der Waals surface area contributed by atoms with Crippen LogP contribution in [0.4, 0.5) is 0 Å². The molecule has 0 unspecified atom stereocenters. The van der Waals surface area contributed by atoms with Crippen LogP contribution in [0.15, 0.2) is 76.4 Å². The van der Waals surface area contributed by atoms with Gasteiger partial charge in [0.05, 0.1) is 12.1 Å². The van der Waals surface area contributed by atoms with Crippen molar-refractivity contribution in [2.45, 2.75) is 82.8 Å². The van der Waals surface area contributed by atoms with E-state index in [0.29, 0.717) is 35.3 Å². The highest BCUT2D eigenvalue weighted by Gasteiger charge is 2.43. The topological polar surface area (TPSA) is 155 Å². The number of carbonyl (C=O) groups is 4. The molecule has 3 aliphatic heterocycles. The first-order valence-electron chi connectivity index (χ1n) is 17.6. The highest BCUT2D eigenvalue weighted by molar-refractivity contribution is 7.10. The van der Waals surface area contributed by atoms with Gasteiger partial charge in [0.15, 0.2) is 6.04 Å². The molecule has 2 aromatic carbocycles. The fraction of sp³-hybridized carbons (Fsp3) is 0.395. The van der Waals surface area contributed by atoms with Crippen molar-refractivity contribution in [2.75, 3.05) is 6.54 Å². The van der Waals surface area contributed by atoms with E-state index in [9.17, 15) is 19.2 Å². The summed E-state index contributed by atoms with van der Waals surface area (Å²) in [5.74, 6) is -1.17. The van der Waals surface area contributed by atoms with E-state index in [1.54, 1.807) is 22.6 Å². The summed E-state index contributed by atoms with van der Waals surface area (Å²) in [5.41, 5.74) is 2.24. The van der Waals surface area contributed by atoms with Gasteiger partial charge >= 0.3 is 0 Å². The van der Waals surface area contributed by atoms with Crippen LogP contribution in [0.5, 0.6) is 0 Å². The second kappa shape index (κ2) is 15.3. The van der Waals surface area contributed by atoms with Crippen LogP contribution in [-0.4, -0.2) is 75.2 Å². The van der Waals surface area contributed by atoms with Gasteiger partial charge < -0.3 is 25.6 Å². The number of carbonyl (C=O) groups excluding carboxylic acids is 4. The standard InChI is InChI=1S/C38H41N7O5S2/c1-21(2)30-37-42-28(20-52-37)32(46)39-25(17-23-11-6-4-7-12-23)36-41-27(19-51-36)33(47)40-26(18-24-13-8-5-9-14-24)38(49)45-16-10-15-29(45)35-44-31(22(3)50-35)34(48)43-30/h4-9,11-14,19-22,25-26,29-31H,10,15-18H2,1-3H3,(H,39,46)(H,40,47)(H,43,48)/t22-,25-,26+,29+,30+,31+/m1/s1. The molecule has 1 saturated heterocycles. The molecular formula is C38H41N7O5S2. The number of nitrogens with zero attached hydrogens (tertiary/aromatic N) is 4. The van der Waals surface area contributed by atoms with E-state index < -0.39 is 48.1 Å². The molecule has 4 amide bonds. The number of aromatic nitrogens is 2. The van der Waals surface area contributed by atoms with Gasteiger partial charge in [-0.1, -0.05) is 74.5 Å². The SMILES string of the molecule is CC(C)[C@@H]1NC(=O)[C@H]2N=C(O[C@@H]2C)[C@@H]2CCCN2C(=O)[C@H](Cc2ccccc2)NC(=O)c2csc(n2)[C@@H](Cc2ccccc2)NC(=O)c2csc1n2. The van der Waals surface area contributed by atoms with Crippen LogP contribution in [-0.2, 0) is 27.2 Å². The number of benzene rings is 2. The van der Waals surface area contributed by atoms with Crippen molar-refractivity contribution in [1.29, 1.82) is 0 Å². The van der Waals surface area contributed by atoms with Crippen LogP contribution in [0.25, 0.3) is 0 Å². The average molecular weight is 740 g/mol. The third-order valence-corrected chi connectivity index (χ3v) is 11.5. The molecule has 0 spiro atoms. The lowest BCUT2D eigenvalue weighted by atomic mass is 10.0. The van der Waals surface area contributed by atoms with E-state index in [0.717, 1.165) is 17.5 Å². The van der Waals surface area contributed by atoms with Gasteiger partial charge in [0.2, 0.25) is 17.7 Å². The predicted molar refractivity (Wildman–Crippen MR) is 198 cm³/mol. The molecule has 270 valence electrons. The first kappa shape index (κ1) is 35.5. The Hall–Kier alpha value is -4.95. The van der Waals surface area contributed by atoms with Gasteiger partial charge in [-0.3, -0.25) is 19.2 Å². The highest BCUT2D eigenvalue weighted by atomic mass is 32.1. The van der Waals surface area contributed by atoms with Crippen LogP contribution < -0.4 is 16.0 Å². The Morgan fingerprint density at radius 2 is 1.38 bits per heavy atom. The maximum absolute atomic E-state index is 14.4. The lowest BCUT2D eigenvalue weighted by Crippen LogP contribution is -2.52. The van der Waals surface area contributed by atoms with Crippen molar-refractivity contribution in [3.63, 3.8) is 0 Å². The second-order valence-corrected chi connectivity index (χ2v) is 15.5. The molecule has 14 heteroatoms. The van der Waals surface area contributed by atoms with Gasteiger partial charge in [-0.05, 0) is 43.2 Å². The largest absolute Gasteiger partial charge is 0.474 e. The van der Waals surface area contributed by atoms with E-state index in [2.05, 4.69) is 20.9 Å². The van der Waals surface area contributed by atoms with Gasteiger partial charge in [0.1, 0.15) is 39.6 Å². The average Bonchev–Trinajstić information content (AvgIpc) is 3.97. The summed E-state index contributed by atoms with van der Waals surface area (Å²) in [7, 11) is 0. The number of hydrogen-bond donors (Lipinski definition) is 3. The molecule has 7 rings (SSSR count). The summed E-state index contributed by atoms with van der Waals surface area (Å²) in [6.45, 7) is 6.22. The third kappa shape index (κ3) is 7.63. The van der Waals surface area contributed by atoms with Crippen LogP contribution in [0.3, 0.4) is 0 Å². The lowest BCUT2D eigenvalue weighted by molar-refractivity contribution is -0.133. The van der Waals surface area contributed by atoms with Crippen LogP contribution in [0, 0.1) is 5.92 Å². The summed E-state index contributed by atoms with van der Waals surface area (Å²) in [6, 6.07) is 16.0. The molecule has 0 radical (unpaired) electrons. The lowest BCUT2D eigenvalue weighted by Gasteiger charge is -2.29. The minimum Gasteiger partial charge on any atom is -0.474 e. The maximum atomic E-state index is 14.4. The summed E-state index contributed by atoms with van der Waals surface area (Å²) >= 11 is 2.57. The molecule has 5 heterocycles. The van der Waals surface area contributed by atoms with E-state index >= 15 is 0 Å². The third-order valence-electron chi connectivity index (χ3n) is 9.62. The van der Waals surface area contributed by atoms with Crippen molar-refractivity contribution in [1.82, 2.24) is 30.8 Å². The molecule has 4 aromatic rings. The Kier molecular flexibility index (Phi) is 10.5. The van der Waals surface area contributed by atoms with Crippen molar-refractivity contribution < 1.29 is 23.9 Å². The van der Waals surface area contributed by atoms with E-state index in [-0.39, 0.29) is 35.5 Å². The first-order valence-corrected chi connectivity index (χ1v) is 19.4. The molecule has 12 nitrogen and oxygen atoms in total. The number of nitrogens with one attached hydrogen (secondary N) is 3. The smallest absolute Gasteiger partial charge is 0.271 e. The fourth-order valence-electron chi connectivity index (χ4n) is 6.85. The van der Waals surface area contributed by atoms with Crippen molar-refractivity contribution >= 4 is 52.2 Å². The van der Waals surface area contributed by atoms with Crippen molar-refractivity contribution in [3.05, 3.63) is 104 Å². The van der Waals surface area contributed by atoms with Gasteiger partial charge in [0, 0.05) is 23.7 Å². The quantitative estimate of drug-likeness (QED) is 0.269. The van der Waals surface area contributed by atoms with Gasteiger partial charge in [-0.15, -0.1) is 22.7 Å². The zero-order valence-corrected chi connectivity index (χ0v) is 30.8. The minimum atomic E-state index is -0.904. The monoisotopic (exact) mass is 739 g/mol. The highest BCUT2D eigenvalue weighted by Crippen LogP contribution is 2.30. The number of fused-ring (bicyclic) bond motifs is 7. The molecule has 1 fully saturated rings. The summed E-state index contributed by atoms with van der Waals surface area (Å²) in [5, 5.41) is 13.7.